The van der Waals surface area contributed by atoms with E-state index >= 15 is 8.78 Å². The molecule has 0 atom stereocenters. The van der Waals surface area contributed by atoms with Gasteiger partial charge in [0.1, 0.15) is 80.1 Å². The molecule has 6 aromatic carbocycles. The van der Waals surface area contributed by atoms with Gasteiger partial charge in [-0.05, 0) is 73.5 Å². The first-order valence-electron chi connectivity index (χ1n) is 22.0. The zero-order valence-electron chi connectivity index (χ0n) is 42.0. The summed E-state index contributed by atoms with van der Waals surface area (Å²) in [4.78, 5) is 5.92. The lowest BCUT2D eigenvalue weighted by atomic mass is 10.2. The molecule has 0 bridgehead atoms. The summed E-state index contributed by atoms with van der Waals surface area (Å²) in [7, 11) is -0.542. The molecular weight excluding hydrogens is 1100 g/mol. The van der Waals surface area contributed by atoms with Crippen molar-refractivity contribution < 1.29 is 77.1 Å². The van der Waals surface area contributed by atoms with Crippen LogP contribution in [0.15, 0.2) is 120 Å². The molecule has 0 aliphatic heterocycles. The second-order valence-electron chi connectivity index (χ2n) is 15.7. The van der Waals surface area contributed by atoms with Crippen molar-refractivity contribution in [2.75, 3.05) is 51.3 Å². The molecule has 0 unspecified atom stereocenters. The van der Waals surface area contributed by atoms with Gasteiger partial charge < -0.3 is 38.3 Å². The zero-order valence-corrected chi connectivity index (χ0v) is 45.2. The van der Waals surface area contributed by atoms with Gasteiger partial charge in [-0.2, -0.15) is 8.75 Å². The van der Waals surface area contributed by atoms with Gasteiger partial charge >= 0.3 is 0 Å². The number of ether oxygens (including phenoxy) is 7. The first-order chi connectivity index (χ1) is 36.6. The molecule has 0 saturated heterocycles. The van der Waals surface area contributed by atoms with Gasteiger partial charge in [0.05, 0.1) is 55.7 Å². The third-order valence-corrected chi connectivity index (χ3v) is 15.7. The maximum atomic E-state index is 15.3. The molecule has 0 radical (unpaired) electrons. The second-order valence-corrected chi connectivity index (χ2v) is 20.9. The minimum absolute atomic E-state index is 0.0464. The van der Waals surface area contributed by atoms with Crippen LogP contribution in [-0.4, -0.2) is 83.3 Å². The van der Waals surface area contributed by atoms with E-state index in [9.17, 15) is 30.0 Å². The summed E-state index contributed by atoms with van der Waals surface area (Å²) < 4.78 is 171. The molecule has 0 spiro atoms. The Labute approximate surface area is 447 Å². The fourth-order valence-electron chi connectivity index (χ4n) is 6.93. The number of aromatic hydroxyl groups is 1. The van der Waals surface area contributed by atoms with Gasteiger partial charge in [-0.15, -0.1) is 0 Å². The third-order valence-electron chi connectivity index (χ3n) is 10.6. The highest BCUT2D eigenvalue weighted by Crippen LogP contribution is 2.37. The molecule has 8 aromatic rings. The number of aromatic nitrogens is 4. The molecule has 27 heteroatoms. The van der Waals surface area contributed by atoms with Gasteiger partial charge in [-0.3, -0.25) is 0 Å². The minimum Gasteiger partial charge on any atom is -0.508 e. The highest BCUT2D eigenvalue weighted by molar-refractivity contribution is 7.93. The zero-order chi connectivity index (χ0) is 56.2. The summed E-state index contributed by atoms with van der Waals surface area (Å²) >= 11 is 1.52. The number of methoxy groups -OCH3 is 6. The van der Waals surface area contributed by atoms with Crippen molar-refractivity contribution in [3.63, 3.8) is 0 Å². The number of anilines is 2. The molecule has 2 heterocycles. The van der Waals surface area contributed by atoms with Crippen molar-refractivity contribution in [1.29, 1.82) is 0 Å². The number of rotatable bonds is 18. The summed E-state index contributed by atoms with van der Waals surface area (Å²) in [6.07, 6.45) is 2.28. The van der Waals surface area contributed by atoms with Gasteiger partial charge in [0.25, 0.3) is 20.0 Å². The fourth-order valence-corrected chi connectivity index (χ4v) is 11.3. The number of phenols is 1. The van der Waals surface area contributed by atoms with Crippen LogP contribution >= 0.6 is 23.1 Å². The van der Waals surface area contributed by atoms with Crippen molar-refractivity contribution in [1.82, 2.24) is 18.7 Å². The van der Waals surface area contributed by atoms with Crippen molar-refractivity contribution in [2.45, 2.75) is 36.7 Å². The average molecular weight is 1150 g/mol. The standard InChI is InChI=1S/C25H23F2N3O6S2.C17H14F3N3O4S2.C8H10O2/c1-15-7-18(34-3)9-19(8-15)36-23-11-21(27)24(12-20(23)26)38(31,32)30(25-28-14-29-37-25)13-16-5-6-17(33-2)10-22(16)35-4;1-26-11-4-3-10(15(5-11)27-2)8-23(17-21-9-22-28-17)29(24,25)16-7-13(19)12(18)6-14(16)20;1-6-3-7(9)5-8(4-6)10-2/h5-12,14H,13H2,1-4H3;3-7,9H,8H2,1-2H3;3-5,9H,1-2H3. The number of benzene rings is 6. The quantitative estimate of drug-likeness (QED) is 0.0625. The van der Waals surface area contributed by atoms with Crippen LogP contribution in [0.2, 0.25) is 0 Å². The van der Waals surface area contributed by atoms with E-state index in [2.05, 4.69) is 18.7 Å². The molecule has 0 amide bonds. The number of hydrogen-bond acceptors (Lipinski definition) is 18. The lowest BCUT2D eigenvalue weighted by Gasteiger charge is -2.23. The van der Waals surface area contributed by atoms with Gasteiger partial charge in [-0.25, -0.2) is 57.4 Å². The summed E-state index contributed by atoms with van der Waals surface area (Å²) in [6.45, 7) is 3.06. The van der Waals surface area contributed by atoms with E-state index in [1.807, 2.05) is 13.0 Å². The van der Waals surface area contributed by atoms with Gasteiger partial charge in [0, 0.05) is 82.7 Å². The van der Waals surface area contributed by atoms with Crippen LogP contribution in [0.4, 0.5) is 32.2 Å². The van der Waals surface area contributed by atoms with Gasteiger partial charge in [0.2, 0.25) is 10.3 Å². The van der Waals surface area contributed by atoms with Crippen LogP contribution in [0.1, 0.15) is 22.3 Å². The van der Waals surface area contributed by atoms with Crippen LogP contribution in [0.25, 0.3) is 0 Å². The lowest BCUT2D eigenvalue weighted by molar-refractivity contribution is 0.391. The maximum absolute atomic E-state index is 15.3. The van der Waals surface area contributed by atoms with Crippen LogP contribution in [0.5, 0.6) is 51.7 Å². The number of sulfonamides is 2. The Balaban J connectivity index is 0.000000216. The summed E-state index contributed by atoms with van der Waals surface area (Å²) in [6, 6.07) is 21.2. The fraction of sp³-hybridized carbons (Fsp3) is 0.200. The second kappa shape index (κ2) is 25.7. The molecule has 1 N–H and O–H groups in total. The minimum atomic E-state index is -4.66. The van der Waals surface area contributed by atoms with Crippen LogP contribution < -0.4 is 41.8 Å². The summed E-state index contributed by atoms with van der Waals surface area (Å²) in [5, 5.41) is 8.91. The number of halogens is 5. The predicted octanol–water partition coefficient (Wildman–Crippen LogP) is 10.4. The van der Waals surface area contributed by atoms with Gasteiger partial charge in [0.15, 0.2) is 23.2 Å². The number of hydrogen-bond donors (Lipinski definition) is 1. The highest BCUT2D eigenvalue weighted by Gasteiger charge is 2.34. The largest absolute Gasteiger partial charge is 0.508 e. The molecule has 0 aliphatic rings. The molecule has 2 aromatic heterocycles. The maximum Gasteiger partial charge on any atom is 0.269 e. The van der Waals surface area contributed by atoms with E-state index < -0.39 is 64.7 Å². The average Bonchev–Trinajstić information content (AvgIpc) is 4.16. The highest BCUT2D eigenvalue weighted by atomic mass is 32.2. The number of aryl methyl sites for hydroxylation is 2. The monoisotopic (exact) mass is 1150 g/mol. The molecule has 0 aliphatic carbocycles. The van der Waals surface area contributed by atoms with Crippen LogP contribution in [-0.2, 0) is 33.1 Å². The van der Waals surface area contributed by atoms with E-state index in [1.165, 1.54) is 41.6 Å². The Morgan fingerprint density at radius 1 is 0.468 bits per heavy atom. The van der Waals surface area contributed by atoms with E-state index in [0.29, 0.717) is 63.8 Å². The van der Waals surface area contributed by atoms with Crippen molar-refractivity contribution in [2.24, 2.45) is 0 Å². The van der Waals surface area contributed by atoms with E-state index in [0.717, 1.165) is 55.5 Å². The van der Waals surface area contributed by atoms with Crippen molar-refractivity contribution in [3.05, 3.63) is 161 Å². The summed E-state index contributed by atoms with van der Waals surface area (Å²) in [5.74, 6) is -4.01. The number of phenolic OH excluding ortho intramolecular Hbond substituents is 1. The normalized spacial score (nSPS) is 11.0. The molecule has 408 valence electrons. The Morgan fingerprint density at radius 3 is 1.34 bits per heavy atom. The molecule has 0 fully saturated rings. The summed E-state index contributed by atoms with van der Waals surface area (Å²) in [5.41, 5.74) is 2.59. The van der Waals surface area contributed by atoms with Crippen LogP contribution in [0, 0.1) is 42.9 Å². The molecule has 8 rings (SSSR count). The van der Waals surface area contributed by atoms with E-state index in [4.69, 9.17) is 38.3 Å². The molecular formula is C50H47F5N6O12S4. The van der Waals surface area contributed by atoms with Gasteiger partial charge in [-0.1, -0.05) is 0 Å². The van der Waals surface area contributed by atoms with E-state index in [-0.39, 0.29) is 40.9 Å². The Bertz CT molecular complexity index is 3530. The van der Waals surface area contributed by atoms with Crippen molar-refractivity contribution >= 4 is 53.4 Å². The van der Waals surface area contributed by atoms with E-state index in [1.54, 1.807) is 74.7 Å². The lowest BCUT2D eigenvalue weighted by Crippen LogP contribution is -2.31. The SMILES string of the molecule is COc1cc(C)cc(O)c1.COc1cc(C)cc(Oc2cc(F)c(S(=O)(=O)N(Cc3ccc(OC)cc3OC)c3ncns3)cc2F)c1.COc1ccc(CN(c2ncns2)S(=O)(=O)c2cc(F)c(F)cc2F)c(OC)c1. The van der Waals surface area contributed by atoms with Crippen LogP contribution in [0.3, 0.4) is 0 Å². The number of nitrogens with zero attached hydrogens (tertiary/aromatic N) is 6. The Hall–Kier alpha value is -8.01. The predicted molar refractivity (Wildman–Crippen MR) is 276 cm³/mol. The molecule has 18 nitrogen and oxygen atoms in total. The van der Waals surface area contributed by atoms with Crippen molar-refractivity contribution in [3.8, 4) is 51.7 Å². The topological polar surface area (TPSA) is 211 Å². The molecule has 0 saturated carbocycles. The Kier molecular flexibility index (Phi) is 19.4. The first-order valence-corrected chi connectivity index (χ1v) is 26.4. The first kappa shape index (κ1) is 58.3. The molecule has 77 heavy (non-hydrogen) atoms. The smallest absolute Gasteiger partial charge is 0.269 e. The Morgan fingerprint density at radius 2 is 0.896 bits per heavy atom. The third kappa shape index (κ3) is 14.3.